The third-order valence-electron chi connectivity index (χ3n) is 5.70. The summed E-state index contributed by atoms with van der Waals surface area (Å²) in [5, 5.41) is 5.92. The minimum Gasteiger partial charge on any atom is -0.354 e. The fourth-order valence-corrected chi connectivity index (χ4v) is 4.15. The van der Waals surface area contributed by atoms with Crippen LogP contribution in [0.5, 0.6) is 0 Å². The van der Waals surface area contributed by atoms with Crippen LogP contribution in [0.2, 0.25) is 0 Å². The zero-order chi connectivity index (χ0) is 19.6. The van der Waals surface area contributed by atoms with Gasteiger partial charge in [-0.25, -0.2) is 0 Å². The molecule has 27 heavy (non-hydrogen) atoms. The van der Waals surface area contributed by atoms with E-state index in [0.29, 0.717) is 25.9 Å². The summed E-state index contributed by atoms with van der Waals surface area (Å²) < 4.78 is 0. The quantitative estimate of drug-likeness (QED) is 0.590. The lowest BCUT2D eigenvalue weighted by molar-refractivity contribution is -0.136. The maximum atomic E-state index is 12.8. The van der Waals surface area contributed by atoms with Crippen molar-refractivity contribution in [2.45, 2.75) is 83.2 Å². The molecular weight excluding hydrogens is 344 g/mol. The summed E-state index contributed by atoms with van der Waals surface area (Å²) in [6, 6.07) is -0.129. The number of carbonyl (C=O) groups is 3. The highest BCUT2D eigenvalue weighted by molar-refractivity contribution is 5.81. The molecule has 1 aliphatic heterocycles. The molecule has 1 aliphatic carbocycles. The van der Waals surface area contributed by atoms with E-state index < -0.39 is 0 Å². The second-order valence-corrected chi connectivity index (χ2v) is 8.03. The standard InChI is InChI=1S/C20H36N4O3/c1-15(23-20(27)16-7-3-2-4-8-16)13-19(26)24-12-6-5-9-17(24)14-22-18(25)10-11-21/h15-17H,2-14,21H2,1H3,(H,22,25)(H,23,27). The number of nitrogens with one attached hydrogen (secondary N) is 2. The van der Waals surface area contributed by atoms with Crippen LogP contribution in [-0.2, 0) is 14.4 Å². The second-order valence-electron chi connectivity index (χ2n) is 8.03. The van der Waals surface area contributed by atoms with Gasteiger partial charge in [0.05, 0.1) is 0 Å². The molecule has 0 aromatic heterocycles. The highest BCUT2D eigenvalue weighted by atomic mass is 16.2. The van der Waals surface area contributed by atoms with E-state index >= 15 is 0 Å². The van der Waals surface area contributed by atoms with Crippen molar-refractivity contribution in [3.63, 3.8) is 0 Å². The van der Waals surface area contributed by atoms with Gasteiger partial charge in [0, 0.05) is 50.5 Å². The molecule has 3 amide bonds. The van der Waals surface area contributed by atoms with Crippen molar-refractivity contribution < 1.29 is 14.4 Å². The number of amides is 3. The minimum absolute atomic E-state index is 0.0363. The molecule has 1 saturated carbocycles. The van der Waals surface area contributed by atoms with Gasteiger partial charge < -0.3 is 21.3 Å². The first-order valence-corrected chi connectivity index (χ1v) is 10.6. The van der Waals surface area contributed by atoms with Gasteiger partial charge in [0.2, 0.25) is 17.7 Å². The highest BCUT2D eigenvalue weighted by Crippen LogP contribution is 2.24. The van der Waals surface area contributed by atoms with Gasteiger partial charge in [-0.1, -0.05) is 19.3 Å². The van der Waals surface area contributed by atoms with E-state index in [-0.39, 0.29) is 35.7 Å². The van der Waals surface area contributed by atoms with Gasteiger partial charge in [0.15, 0.2) is 0 Å². The Hall–Kier alpha value is -1.63. The first-order valence-electron chi connectivity index (χ1n) is 10.6. The zero-order valence-electron chi connectivity index (χ0n) is 16.7. The Morgan fingerprint density at radius 1 is 1.07 bits per heavy atom. The van der Waals surface area contributed by atoms with Crippen molar-refractivity contribution in [2.24, 2.45) is 11.7 Å². The van der Waals surface area contributed by atoms with Gasteiger partial charge in [0.25, 0.3) is 0 Å². The van der Waals surface area contributed by atoms with Crippen molar-refractivity contribution in [3.8, 4) is 0 Å². The maximum Gasteiger partial charge on any atom is 0.224 e. The molecule has 0 spiro atoms. The zero-order valence-corrected chi connectivity index (χ0v) is 16.7. The Labute approximate surface area is 162 Å². The van der Waals surface area contributed by atoms with Crippen LogP contribution in [0.4, 0.5) is 0 Å². The van der Waals surface area contributed by atoms with Gasteiger partial charge >= 0.3 is 0 Å². The van der Waals surface area contributed by atoms with Crippen LogP contribution in [0.25, 0.3) is 0 Å². The van der Waals surface area contributed by atoms with E-state index in [4.69, 9.17) is 5.73 Å². The van der Waals surface area contributed by atoms with E-state index in [1.807, 2.05) is 11.8 Å². The predicted molar refractivity (Wildman–Crippen MR) is 105 cm³/mol. The molecule has 4 N–H and O–H groups in total. The van der Waals surface area contributed by atoms with Crippen molar-refractivity contribution in [3.05, 3.63) is 0 Å². The van der Waals surface area contributed by atoms with E-state index in [0.717, 1.165) is 51.5 Å². The summed E-state index contributed by atoms with van der Waals surface area (Å²) in [6.45, 7) is 3.44. The van der Waals surface area contributed by atoms with Gasteiger partial charge in [-0.15, -0.1) is 0 Å². The van der Waals surface area contributed by atoms with Crippen LogP contribution >= 0.6 is 0 Å². The summed E-state index contributed by atoms with van der Waals surface area (Å²) in [5.74, 6) is 0.198. The Balaban J connectivity index is 1.80. The molecule has 2 rings (SSSR count). The molecule has 1 saturated heterocycles. The normalized spacial score (nSPS) is 22.1. The molecule has 154 valence electrons. The molecule has 7 nitrogen and oxygen atoms in total. The third-order valence-corrected chi connectivity index (χ3v) is 5.70. The molecule has 2 fully saturated rings. The number of piperidine rings is 1. The Morgan fingerprint density at radius 3 is 2.48 bits per heavy atom. The molecule has 1 heterocycles. The van der Waals surface area contributed by atoms with Crippen molar-refractivity contribution in [1.29, 1.82) is 0 Å². The van der Waals surface area contributed by atoms with Gasteiger partial charge in [0.1, 0.15) is 0 Å². The van der Waals surface area contributed by atoms with Gasteiger partial charge in [-0.05, 0) is 39.0 Å². The Morgan fingerprint density at radius 2 is 1.78 bits per heavy atom. The molecular formula is C20H36N4O3. The largest absolute Gasteiger partial charge is 0.354 e. The molecule has 0 radical (unpaired) electrons. The van der Waals surface area contributed by atoms with E-state index in [2.05, 4.69) is 10.6 Å². The Kier molecular flexibility index (Phi) is 9.04. The number of nitrogens with zero attached hydrogens (tertiary/aromatic N) is 1. The number of rotatable bonds is 8. The molecule has 2 unspecified atom stereocenters. The number of nitrogens with two attached hydrogens (primary N) is 1. The summed E-state index contributed by atoms with van der Waals surface area (Å²) in [5.41, 5.74) is 5.40. The lowest BCUT2D eigenvalue weighted by Gasteiger charge is -2.36. The minimum atomic E-state index is -0.165. The van der Waals surface area contributed by atoms with Crippen molar-refractivity contribution >= 4 is 17.7 Å². The molecule has 7 heteroatoms. The lowest BCUT2D eigenvalue weighted by atomic mass is 9.88. The summed E-state index contributed by atoms with van der Waals surface area (Å²) >= 11 is 0. The fourth-order valence-electron chi connectivity index (χ4n) is 4.15. The molecule has 0 aromatic rings. The monoisotopic (exact) mass is 380 g/mol. The number of likely N-dealkylation sites (tertiary alicyclic amines) is 1. The van der Waals surface area contributed by atoms with E-state index in [1.54, 1.807) is 0 Å². The molecule has 2 aliphatic rings. The molecule has 0 aromatic carbocycles. The summed E-state index contributed by atoms with van der Waals surface area (Å²) in [7, 11) is 0. The highest BCUT2D eigenvalue weighted by Gasteiger charge is 2.29. The molecule has 0 bridgehead atoms. The average Bonchev–Trinajstić information content (AvgIpc) is 2.67. The number of hydrogen-bond acceptors (Lipinski definition) is 4. The van der Waals surface area contributed by atoms with Crippen LogP contribution < -0.4 is 16.4 Å². The first kappa shape index (κ1) is 21.7. The van der Waals surface area contributed by atoms with Crippen molar-refractivity contribution in [1.82, 2.24) is 15.5 Å². The van der Waals surface area contributed by atoms with Gasteiger partial charge in [-0.3, -0.25) is 14.4 Å². The third kappa shape index (κ3) is 7.13. The SMILES string of the molecule is CC(CC(=O)N1CCCCC1CNC(=O)CCN)NC(=O)C1CCCCC1. The Bertz CT molecular complexity index is 505. The van der Waals surface area contributed by atoms with E-state index in [9.17, 15) is 14.4 Å². The van der Waals surface area contributed by atoms with Crippen LogP contribution in [0.1, 0.15) is 71.1 Å². The fraction of sp³-hybridized carbons (Fsp3) is 0.850. The topological polar surface area (TPSA) is 105 Å². The smallest absolute Gasteiger partial charge is 0.224 e. The maximum absolute atomic E-state index is 12.8. The lowest BCUT2D eigenvalue weighted by Crippen LogP contribution is -2.51. The number of hydrogen-bond donors (Lipinski definition) is 3. The molecule has 2 atom stereocenters. The van der Waals surface area contributed by atoms with Crippen LogP contribution in [-0.4, -0.2) is 54.3 Å². The van der Waals surface area contributed by atoms with Crippen molar-refractivity contribution in [2.75, 3.05) is 19.6 Å². The van der Waals surface area contributed by atoms with Gasteiger partial charge in [-0.2, -0.15) is 0 Å². The average molecular weight is 381 g/mol. The van der Waals surface area contributed by atoms with Crippen LogP contribution in [0.15, 0.2) is 0 Å². The second kappa shape index (κ2) is 11.3. The summed E-state index contributed by atoms with van der Waals surface area (Å²) in [6.07, 6.45) is 8.96. The predicted octanol–water partition coefficient (Wildman–Crippen LogP) is 1.31. The number of carbonyl (C=O) groups excluding carboxylic acids is 3. The van der Waals surface area contributed by atoms with Crippen LogP contribution in [0, 0.1) is 5.92 Å². The van der Waals surface area contributed by atoms with E-state index in [1.165, 1.54) is 6.42 Å². The first-order chi connectivity index (χ1) is 13.0. The van der Waals surface area contributed by atoms with Crippen LogP contribution in [0.3, 0.4) is 0 Å². The summed E-state index contributed by atoms with van der Waals surface area (Å²) in [4.78, 5) is 38.7.